The maximum absolute atomic E-state index is 13.0. The molecule has 0 unspecified atom stereocenters. The van der Waals surface area contributed by atoms with Crippen molar-refractivity contribution in [3.8, 4) is 11.1 Å². The Bertz CT molecular complexity index is 1500. The molecule has 7 atom stereocenters. The third-order valence-electron chi connectivity index (χ3n) is 7.77. The van der Waals surface area contributed by atoms with E-state index in [9.17, 15) is 33.9 Å². The summed E-state index contributed by atoms with van der Waals surface area (Å²) in [6, 6.07) is 12.4. The SMILES string of the molecule is CC(=O)N[C@H]1[C@H](O[C@@H](C)[C@H](NC(=O)OCC2c3ccccc3-c3ccccc32)C(=O)O)O[C@H](COC(C)=O)[C@@H](OC(C)=O)[C@@H]1OC(C)=O. The summed E-state index contributed by atoms with van der Waals surface area (Å²) in [4.78, 5) is 73.2. The van der Waals surface area contributed by atoms with Crippen LogP contribution in [0.1, 0.15) is 51.7 Å². The van der Waals surface area contributed by atoms with Crippen molar-refractivity contribution >= 4 is 35.9 Å². The number of carboxylic acids is 1. The minimum absolute atomic E-state index is 0.0722. The normalized spacial score (nSPS) is 22.6. The highest BCUT2D eigenvalue weighted by atomic mass is 16.7. The molecule has 0 bridgehead atoms. The van der Waals surface area contributed by atoms with E-state index in [1.54, 1.807) is 0 Å². The topological polar surface area (TPSA) is 202 Å². The third-order valence-corrected chi connectivity index (χ3v) is 7.77. The maximum Gasteiger partial charge on any atom is 0.407 e. The van der Waals surface area contributed by atoms with Gasteiger partial charge in [0.05, 0.1) is 6.10 Å². The lowest BCUT2D eigenvalue weighted by Crippen LogP contribution is -2.67. The summed E-state index contributed by atoms with van der Waals surface area (Å²) in [6.07, 6.45) is -7.98. The van der Waals surface area contributed by atoms with E-state index < -0.39 is 85.3 Å². The molecule has 0 aromatic heterocycles. The highest BCUT2D eigenvalue weighted by molar-refractivity contribution is 5.81. The van der Waals surface area contributed by atoms with Gasteiger partial charge in [0.2, 0.25) is 5.91 Å². The lowest BCUT2D eigenvalue weighted by molar-refractivity contribution is -0.287. The number of hydrogen-bond donors (Lipinski definition) is 3. The molecule has 258 valence electrons. The molecule has 1 aliphatic carbocycles. The summed E-state index contributed by atoms with van der Waals surface area (Å²) in [6.45, 7) is 5.26. The fraction of sp³-hybridized carbons (Fsp3) is 0.455. The molecule has 48 heavy (non-hydrogen) atoms. The van der Waals surface area contributed by atoms with Gasteiger partial charge in [-0.25, -0.2) is 9.59 Å². The van der Waals surface area contributed by atoms with E-state index >= 15 is 0 Å². The van der Waals surface area contributed by atoms with E-state index in [0.29, 0.717) is 0 Å². The average molecular weight is 671 g/mol. The number of ether oxygens (including phenoxy) is 6. The van der Waals surface area contributed by atoms with Gasteiger partial charge in [0, 0.05) is 33.6 Å². The number of aliphatic carboxylic acids is 1. The van der Waals surface area contributed by atoms with Gasteiger partial charge in [0.25, 0.3) is 0 Å². The van der Waals surface area contributed by atoms with Crippen molar-refractivity contribution in [3.05, 3.63) is 59.7 Å². The van der Waals surface area contributed by atoms with Crippen LogP contribution in [0.3, 0.4) is 0 Å². The first-order chi connectivity index (χ1) is 22.8. The Labute approximate surface area is 276 Å². The fourth-order valence-corrected chi connectivity index (χ4v) is 5.84. The molecular weight excluding hydrogens is 632 g/mol. The third kappa shape index (κ3) is 8.66. The monoisotopic (exact) mass is 670 g/mol. The van der Waals surface area contributed by atoms with Crippen LogP contribution in [0.5, 0.6) is 0 Å². The van der Waals surface area contributed by atoms with Gasteiger partial charge in [-0.3, -0.25) is 19.2 Å². The number of carbonyl (C=O) groups excluding carboxylic acids is 5. The van der Waals surface area contributed by atoms with Gasteiger partial charge in [-0.2, -0.15) is 0 Å². The van der Waals surface area contributed by atoms with Crippen molar-refractivity contribution in [1.29, 1.82) is 0 Å². The van der Waals surface area contributed by atoms with Gasteiger partial charge in [0.15, 0.2) is 24.5 Å². The van der Waals surface area contributed by atoms with Gasteiger partial charge >= 0.3 is 30.0 Å². The number of amides is 2. The molecule has 3 N–H and O–H groups in total. The van der Waals surface area contributed by atoms with Crippen LogP contribution in [0, 0.1) is 0 Å². The summed E-state index contributed by atoms with van der Waals surface area (Å²) in [7, 11) is 0. The Balaban J connectivity index is 1.52. The summed E-state index contributed by atoms with van der Waals surface area (Å²) < 4.78 is 33.2. The van der Waals surface area contributed by atoms with Gasteiger partial charge in [0.1, 0.15) is 25.4 Å². The molecule has 15 nitrogen and oxygen atoms in total. The second kappa shape index (κ2) is 15.7. The number of alkyl carbamates (subject to hydrolysis) is 1. The molecule has 0 saturated carbocycles. The highest BCUT2D eigenvalue weighted by Gasteiger charge is 2.52. The van der Waals surface area contributed by atoms with Gasteiger partial charge in [-0.05, 0) is 29.2 Å². The summed E-state index contributed by atoms with van der Waals surface area (Å²) >= 11 is 0. The fourth-order valence-electron chi connectivity index (χ4n) is 5.84. The zero-order valence-corrected chi connectivity index (χ0v) is 27.0. The molecule has 15 heteroatoms. The Hall–Kier alpha value is -5.02. The number of carbonyl (C=O) groups is 6. The number of esters is 3. The molecule has 1 saturated heterocycles. The maximum atomic E-state index is 13.0. The van der Waals surface area contributed by atoms with Crippen LogP contribution in [0.25, 0.3) is 11.1 Å². The summed E-state index contributed by atoms with van der Waals surface area (Å²) in [5.74, 6) is -4.67. The molecule has 2 amide bonds. The minimum atomic E-state index is -1.69. The number of hydrogen-bond acceptors (Lipinski definition) is 12. The Morgan fingerprint density at radius 1 is 0.792 bits per heavy atom. The van der Waals surface area contributed by atoms with E-state index in [1.807, 2.05) is 48.5 Å². The molecule has 2 aromatic rings. The van der Waals surface area contributed by atoms with Crippen molar-refractivity contribution in [2.45, 2.75) is 83.3 Å². The molecule has 1 aliphatic heterocycles. The van der Waals surface area contributed by atoms with E-state index in [-0.39, 0.29) is 12.5 Å². The molecule has 0 radical (unpaired) electrons. The quantitative estimate of drug-likeness (QED) is 0.219. The molecule has 2 aliphatic rings. The zero-order chi connectivity index (χ0) is 35.1. The zero-order valence-electron chi connectivity index (χ0n) is 27.0. The van der Waals surface area contributed by atoms with Gasteiger partial charge < -0.3 is 44.2 Å². The van der Waals surface area contributed by atoms with E-state index in [1.165, 1.54) is 6.92 Å². The van der Waals surface area contributed by atoms with Crippen LogP contribution in [0.15, 0.2) is 48.5 Å². The average Bonchev–Trinajstić information content (AvgIpc) is 3.33. The predicted octanol–water partition coefficient (Wildman–Crippen LogP) is 2.04. The second-order valence-electron chi connectivity index (χ2n) is 11.3. The molecule has 1 fully saturated rings. The molecule has 4 rings (SSSR count). The summed E-state index contributed by atoms with van der Waals surface area (Å²) in [5.41, 5.74) is 3.97. The second-order valence-corrected chi connectivity index (χ2v) is 11.3. The van der Waals surface area contributed by atoms with E-state index in [4.69, 9.17) is 28.4 Å². The number of nitrogens with one attached hydrogen (secondary N) is 2. The van der Waals surface area contributed by atoms with Crippen LogP contribution in [-0.2, 0) is 52.4 Å². The molecule has 0 spiro atoms. The number of benzene rings is 2. The standard InChI is InChI=1S/C33H38N2O13/c1-16(27(31(40)41)35-33(42)44-14-25-23-12-8-6-10-21(23)22-11-7-9-13-24(22)25)45-32-28(34-17(2)36)30(47-20(5)39)29(46-19(4)38)26(48-32)15-43-18(3)37/h6-13,16,25-30,32H,14-15H2,1-5H3,(H,34,36)(H,35,42)(H,40,41)/t16-,26+,27-,28+,29+,30+,32+/m0/s1. The van der Waals surface area contributed by atoms with Gasteiger partial charge in [-0.1, -0.05) is 48.5 Å². The van der Waals surface area contributed by atoms with Gasteiger partial charge in [-0.15, -0.1) is 0 Å². The number of fused-ring (bicyclic) bond motifs is 3. The Morgan fingerprint density at radius 2 is 1.35 bits per heavy atom. The first-order valence-corrected chi connectivity index (χ1v) is 15.2. The Morgan fingerprint density at radius 3 is 1.88 bits per heavy atom. The lowest BCUT2D eigenvalue weighted by atomic mass is 9.95. The molecular formula is C33H38N2O13. The highest BCUT2D eigenvalue weighted by Crippen LogP contribution is 2.44. The predicted molar refractivity (Wildman–Crippen MR) is 164 cm³/mol. The van der Waals surface area contributed by atoms with E-state index in [0.717, 1.165) is 49.9 Å². The molecule has 1 heterocycles. The van der Waals surface area contributed by atoms with Crippen molar-refractivity contribution in [2.24, 2.45) is 0 Å². The van der Waals surface area contributed by atoms with Crippen LogP contribution >= 0.6 is 0 Å². The van der Waals surface area contributed by atoms with Crippen molar-refractivity contribution in [1.82, 2.24) is 10.6 Å². The van der Waals surface area contributed by atoms with Crippen LogP contribution < -0.4 is 10.6 Å². The lowest BCUT2D eigenvalue weighted by Gasteiger charge is -2.45. The largest absolute Gasteiger partial charge is 0.480 e. The van der Waals surface area contributed by atoms with Crippen molar-refractivity contribution < 1.29 is 62.3 Å². The smallest absolute Gasteiger partial charge is 0.407 e. The van der Waals surface area contributed by atoms with Crippen molar-refractivity contribution in [2.75, 3.05) is 13.2 Å². The van der Waals surface area contributed by atoms with Crippen LogP contribution in [0.4, 0.5) is 4.79 Å². The summed E-state index contributed by atoms with van der Waals surface area (Å²) in [5, 5.41) is 14.9. The van der Waals surface area contributed by atoms with Crippen LogP contribution in [0.2, 0.25) is 0 Å². The number of carboxylic acid groups (broad SMARTS) is 1. The first kappa shape index (κ1) is 35.8. The van der Waals surface area contributed by atoms with Crippen LogP contribution in [-0.4, -0.2) is 97.0 Å². The van der Waals surface area contributed by atoms with Crippen molar-refractivity contribution in [3.63, 3.8) is 0 Å². The molecule has 2 aromatic carbocycles. The Kier molecular flexibility index (Phi) is 11.7. The number of rotatable bonds is 12. The minimum Gasteiger partial charge on any atom is -0.480 e. The van der Waals surface area contributed by atoms with E-state index in [2.05, 4.69) is 10.6 Å². The first-order valence-electron chi connectivity index (χ1n) is 15.2.